The lowest BCUT2D eigenvalue weighted by molar-refractivity contribution is 0.0645. The van der Waals surface area contributed by atoms with Gasteiger partial charge in [0.05, 0.1) is 18.9 Å². The predicted octanol–water partition coefficient (Wildman–Crippen LogP) is 2.57. The number of ether oxygens (including phenoxy) is 1. The number of fused-ring (bicyclic) bond motifs is 1. The molecule has 0 N–H and O–H groups in total. The minimum Gasteiger partial charge on any atom is -0.378 e. The molecule has 168 valence electrons. The Hall–Kier alpha value is -3.72. The van der Waals surface area contributed by atoms with Crippen LogP contribution in [0.5, 0.6) is 0 Å². The first-order valence-electron chi connectivity index (χ1n) is 11.3. The SMILES string of the molecule is Cc1cccc(-c2ccn(-c3cc(N4CCOCC4)n4nc(C(=O)N5CCC5)cc4n3)n2)c1. The number of nitrogens with zero attached hydrogens (tertiary/aromatic N) is 7. The van der Waals surface area contributed by atoms with Gasteiger partial charge in [0.1, 0.15) is 5.82 Å². The van der Waals surface area contributed by atoms with E-state index in [2.05, 4.69) is 35.1 Å². The Morgan fingerprint density at radius 3 is 2.61 bits per heavy atom. The molecular formula is C24H25N7O2. The van der Waals surface area contributed by atoms with Crippen molar-refractivity contribution in [3.63, 3.8) is 0 Å². The number of aromatic nitrogens is 5. The normalized spacial score (nSPS) is 16.3. The molecule has 1 aromatic carbocycles. The van der Waals surface area contributed by atoms with Crippen molar-refractivity contribution in [2.24, 2.45) is 0 Å². The first-order chi connectivity index (χ1) is 16.2. The highest BCUT2D eigenvalue weighted by Crippen LogP contribution is 2.24. The standard InChI is InChI=1S/C24H25N7O2/c1-17-4-2-5-18(14-17)19-6-9-30(26-19)21-16-23(28-10-12-33-13-11-28)31-22(25-21)15-20(27-31)24(32)29-7-3-8-29/h2,4-6,9,14-16H,3,7-8,10-13H2,1H3. The van der Waals surface area contributed by atoms with Crippen molar-refractivity contribution in [3.05, 3.63) is 59.9 Å². The molecule has 0 unspecified atom stereocenters. The summed E-state index contributed by atoms with van der Waals surface area (Å²) in [5.41, 5.74) is 4.19. The molecule has 6 rings (SSSR count). The molecule has 1 amide bonds. The van der Waals surface area contributed by atoms with Crippen molar-refractivity contribution in [1.82, 2.24) is 29.3 Å². The number of benzene rings is 1. The van der Waals surface area contributed by atoms with Gasteiger partial charge in [0, 0.05) is 50.1 Å². The zero-order chi connectivity index (χ0) is 22.4. The second kappa shape index (κ2) is 8.00. The third-order valence-corrected chi connectivity index (χ3v) is 6.23. The fourth-order valence-electron chi connectivity index (χ4n) is 4.28. The number of anilines is 1. The maximum absolute atomic E-state index is 12.8. The first-order valence-corrected chi connectivity index (χ1v) is 11.3. The van der Waals surface area contributed by atoms with Crippen LogP contribution in [0.4, 0.5) is 5.82 Å². The number of likely N-dealkylation sites (tertiary alicyclic amines) is 1. The van der Waals surface area contributed by atoms with E-state index in [9.17, 15) is 4.79 Å². The highest BCUT2D eigenvalue weighted by molar-refractivity contribution is 5.94. The minimum absolute atomic E-state index is 0.0398. The largest absolute Gasteiger partial charge is 0.378 e. The molecule has 0 radical (unpaired) electrons. The lowest BCUT2D eigenvalue weighted by atomic mass is 10.1. The van der Waals surface area contributed by atoms with Gasteiger partial charge in [0.15, 0.2) is 17.2 Å². The highest BCUT2D eigenvalue weighted by atomic mass is 16.5. The summed E-state index contributed by atoms with van der Waals surface area (Å²) in [5, 5.41) is 9.42. The quantitative estimate of drug-likeness (QED) is 0.482. The highest BCUT2D eigenvalue weighted by Gasteiger charge is 2.26. The molecule has 4 aromatic rings. The van der Waals surface area contributed by atoms with Gasteiger partial charge in [-0.2, -0.15) is 14.7 Å². The van der Waals surface area contributed by atoms with Crippen molar-refractivity contribution in [2.75, 3.05) is 44.3 Å². The van der Waals surface area contributed by atoms with Gasteiger partial charge in [-0.3, -0.25) is 4.79 Å². The summed E-state index contributed by atoms with van der Waals surface area (Å²) in [7, 11) is 0. The summed E-state index contributed by atoms with van der Waals surface area (Å²) in [4.78, 5) is 21.6. The van der Waals surface area contributed by atoms with Crippen LogP contribution in [0.3, 0.4) is 0 Å². The molecule has 9 nitrogen and oxygen atoms in total. The van der Waals surface area contributed by atoms with E-state index >= 15 is 0 Å². The number of carbonyl (C=O) groups is 1. The van der Waals surface area contributed by atoms with E-state index in [1.54, 1.807) is 15.3 Å². The number of hydrogen-bond donors (Lipinski definition) is 0. The lowest BCUT2D eigenvalue weighted by Crippen LogP contribution is -2.42. The summed E-state index contributed by atoms with van der Waals surface area (Å²) in [6, 6.07) is 14.0. The molecule has 0 bridgehead atoms. The molecule has 2 fully saturated rings. The number of hydrogen-bond acceptors (Lipinski definition) is 6. The number of aryl methyl sites for hydroxylation is 1. The van der Waals surface area contributed by atoms with E-state index in [-0.39, 0.29) is 5.91 Å². The molecule has 9 heteroatoms. The van der Waals surface area contributed by atoms with Gasteiger partial charge in [-0.25, -0.2) is 9.67 Å². The Morgan fingerprint density at radius 1 is 1.00 bits per heavy atom. The number of carbonyl (C=O) groups excluding carboxylic acids is 1. The van der Waals surface area contributed by atoms with Crippen LogP contribution in [0.2, 0.25) is 0 Å². The fourth-order valence-corrected chi connectivity index (χ4v) is 4.28. The van der Waals surface area contributed by atoms with Gasteiger partial charge in [-0.05, 0) is 25.5 Å². The Labute approximate surface area is 191 Å². The van der Waals surface area contributed by atoms with Crippen LogP contribution in [-0.2, 0) is 4.74 Å². The molecule has 0 saturated carbocycles. The number of rotatable bonds is 4. The summed E-state index contributed by atoms with van der Waals surface area (Å²) in [6.07, 6.45) is 2.96. The minimum atomic E-state index is -0.0398. The third-order valence-electron chi connectivity index (χ3n) is 6.23. The van der Waals surface area contributed by atoms with E-state index < -0.39 is 0 Å². The smallest absolute Gasteiger partial charge is 0.274 e. The number of morpholine rings is 1. The molecule has 3 aromatic heterocycles. The summed E-state index contributed by atoms with van der Waals surface area (Å²) >= 11 is 0. The molecule has 2 aliphatic heterocycles. The van der Waals surface area contributed by atoms with Crippen molar-refractivity contribution in [1.29, 1.82) is 0 Å². The zero-order valence-corrected chi connectivity index (χ0v) is 18.5. The van der Waals surface area contributed by atoms with Gasteiger partial charge in [-0.1, -0.05) is 23.8 Å². The first kappa shape index (κ1) is 19.9. The molecule has 2 aliphatic rings. The number of amides is 1. The van der Waals surface area contributed by atoms with Crippen molar-refractivity contribution >= 4 is 17.4 Å². The molecule has 0 aliphatic carbocycles. The topological polar surface area (TPSA) is 80.8 Å². The van der Waals surface area contributed by atoms with E-state index in [0.29, 0.717) is 30.4 Å². The lowest BCUT2D eigenvalue weighted by Gasteiger charge is -2.30. The Morgan fingerprint density at radius 2 is 1.85 bits per heavy atom. The van der Waals surface area contributed by atoms with Crippen LogP contribution < -0.4 is 4.90 Å². The zero-order valence-electron chi connectivity index (χ0n) is 18.5. The monoisotopic (exact) mass is 443 g/mol. The second-order valence-corrected chi connectivity index (χ2v) is 8.53. The fraction of sp³-hybridized carbons (Fsp3) is 0.333. The summed E-state index contributed by atoms with van der Waals surface area (Å²) in [5.74, 6) is 1.53. The van der Waals surface area contributed by atoms with E-state index in [1.165, 1.54) is 5.56 Å². The van der Waals surface area contributed by atoms with E-state index in [1.807, 2.05) is 29.3 Å². The predicted molar refractivity (Wildman–Crippen MR) is 124 cm³/mol. The Kier molecular flexibility index (Phi) is 4.83. The van der Waals surface area contributed by atoms with E-state index in [0.717, 1.165) is 49.7 Å². The summed E-state index contributed by atoms with van der Waals surface area (Å²) < 4.78 is 9.10. The summed E-state index contributed by atoms with van der Waals surface area (Å²) in [6.45, 7) is 6.46. The van der Waals surface area contributed by atoms with Gasteiger partial charge in [0.25, 0.3) is 5.91 Å². The molecule has 5 heterocycles. The van der Waals surface area contributed by atoms with Crippen LogP contribution in [0.25, 0.3) is 22.7 Å². The molecule has 33 heavy (non-hydrogen) atoms. The van der Waals surface area contributed by atoms with Crippen LogP contribution in [0.15, 0.2) is 48.7 Å². The van der Waals surface area contributed by atoms with Crippen LogP contribution >= 0.6 is 0 Å². The van der Waals surface area contributed by atoms with Crippen LogP contribution in [0, 0.1) is 6.92 Å². The maximum Gasteiger partial charge on any atom is 0.274 e. The second-order valence-electron chi connectivity index (χ2n) is 8.53. The molecule has 0 spiro atoms. The van der Waals surface area contributed by atoms with Gasteiger partial charge >= 0.3 is 0 Å². The van der Waals surface area contributed by atoms with Gasteiger partial charge in [0.2, 0.25) is 0 Å². The van der Waals surface area contributed by atoms with Crippen molar-refractivity contribution in [3.8, 4) is 17.1 Å². The Bertz CT molecular complexity index is 1330. The van der Waals surface area contributed by atoms with E-state index in [4.69, 9.17) is 14.8 Å². The molecule has 2 saturated heterocycles. The molecular weight excluding hydrogens is 418 g/mol. The average molecular weight is 444 g/mol. The maximum atomic E-state index is 12.8. The Balaban J connectivity index is 1.43. The van der Waals surface area contributed by atoms with Crippen molar-refractivity contribution < 1.29 is 9.53 Å². The average Bonchev–Trinajstić information content (AvgIpc) is 3.45. The third kappa shape index (κ3) is 3.64. The van der Waals surface area contributed by atoms with Gasteiger partial charge < -0.3 is 14.5 Å². The van der Waals surface area contributed by atoms with Crippen LogP contribution in [-0.4, -0.2) is 74.6 Å². The van der Waals surface area contributed by atoms with Gasteiger partial charge in [-0.15, -0.1) is 0 Å². The van der Waals surface area contributed by atoms with Crippen LogP contribution in [0.1, 0.15) is 22.5 Å². The van der Waals surface area contributed by atoms with Crippen molar-refractivity contribution in [2.45, 2.75) is 13.3 Å². The molecule has 0 atom stereocenters.